The van der Waals surface area contributed by atoms with Gasteiger partial charge < -0.3 is 10.1 Å². The first-order valence-electron chi connectivity index (χ1n) is 4.65. The topological polar surface area (TPSA) is 55.4 Å². The van der Waals surface area contributed by atoms with Crippen LogP contribution >= 0.6 is 11.6 Å². The Kier molecular flexibility index (Phi) is 4.31. The van der Waals surface area contributed by atoms with E-state index in [-0.39, 0.29) is 12.5 Å². The molecule has 0 fully saturated rings. The number of esters is 1. The van der Waals surface area contributed by atoms with Crippen LogP contribution in [0.5, 0.6) is 0 Å². The number of hydrogen-bond acceptors (Lipinski definition) is 3. The van der Waals surface area contributed by atoms with Crippen molar-refractivity contribution < 1.29 is 14.3 Å². The fraction of sp³-hybridized carbons (Fsp3) is 0.273. The second-order valence-electron chi connectivity index (χ2n) is 3.22. The van der Waals surface area contributed by atoms with Gasteiger partial charge in [0, 0.05) is 10.6 Å². The van der Waals surface area contributed by atoms with Crippen LogP contribution in [0.4, 0.5) is 0 Å². The van der Waals surface area contributed by atoms with E-state index in [1.54, 1.807) is 18.2 Å². The van der Waals surface area contributed by atoms with Crippen LogP contribution in [0.2, 0.25) is 5.02 Å². The summed E-state index contributed by atoms with van der Waals surface area (Å²) < 4.78 is 4.40. The summed E-state index contributed by atoms with van der Waals surface area (Å²) in [6, 6.07) is 4.95. The Morgan fingerprint density at radius 3 is 2.69 bits per heavy atom. The minimum absolute atomic E-state index is 0.152. The SMILES string of the molecule is COC(=O)CNC(=O)c1ccc(C)c(Cl)c1. The summed E-state index contributed by atoms with van der Waals surface area (Å²) in [6.45, 7) is 1.69. The van der Waals surface area contributed by atoms with Gasteiger partial charge in [-0.2, -0.15) is 0 Å². The van der Waals surface area contributed by atoms with E-state index in [0.29, 0.717) is 10.6 Å². The highest BCUT2D eigenvalue weighted by molar-refractivity contribution is 6.31. The number of carbonyl (C=O) groups excluding carboxylic acids is 2. The number of carbonyl (C=O) groups is 2. The van der Waals surface area contributed by atoms with Crippen molar-refractivity contribution in [1.29, 1.82) is 0 Å². The summed E-state index contributed by atoms with van der Waals surface area (Å²) in [5.41, 5.74) is 1.31. The molecule has 0 aliphatic heterocycles. The van der Waals surface area contributed by atoms with Gasteiger partial charge in [0.25, 0.3) is 5.91 Å². The van der Waals surface area contributed by atoms with Crippen molar-refractivity contribution in [1.82, 2.24) is 5.32 Å². The Hall–Kier alpha value is -1.55. The van der Waals surface area contributed by atoms with Crippen molar-refractivity contribution in [3.8, 4) is 0 Å². The zero-order valence-corrected chi connectivity index (χ0v) is 9.80. The van der Waals surface area contributed by atoms with Crippen LogP contribution in [0.25, 0.3) is 0 Å². The first-order chi connectivity index (χ1) is 7.54. The summed E-state index contributed by atoms with van der Waals surface area (Å²) in [5, 5.41) is 2.94. The number of benzene rings is 1. The lowest BCUT2D eigenvalue weighted by atomic mass is 10.1. The summed E-state index contributed by atoms with van der Waals surface area (Å²) in [4.78, 5) is 22.4. The summed E-state index contributed by atoms with van der Waals surface area (Å²) in [5.74, 6) is -0.848. The largest absolute Gasteiger partial charge is 0.468 e. The van der Waals surface area contributed by atoms with E-state index in [1.165, 1.54) is 7.11 Å². The number of rotatable bonds is 3. The quantitative estimate of drug-likeness (QED) is 0.817. The van der Waals surface area contributed by atoms with E-state index in [2.05, 4.69) is 10.1 Å². The number of ether oxygens (including phenoxy) is 1. The number of hydrogen-bond donors (Lipinski definition) is 1. The van der Waals surface area contributed by atoms with Gasteiger partial charge in [0.15, 0.2) is 0 Å². The molecule has 5 heteroatoms. The molecule has 0 aliphatic carbocycles. The molecule has 0 saturated heterocycles. The normalized spacial score (nSPS) is 9.69. The third-order valence-corrected chi connectivity index (χ3v) is 2.46. The van der Waals surface area contributed by atoms with Crippen LogP contribution < -0.4 is 5.32 Å². The maximum Gasteiger partial charge on any atom is 0.325 e. The van der Waals surface area contributed by atoms with Crippen molar-refractivity contribution in [3.05, 3.63) is 34.3 Å². The molecule has 0 bridgehead atoms. The number of methoxy groups -OCH3 is 1. The van der Waals surface area contributed by atoms with Crippen molar-refractivity contribution in [3.63, 3.8) is 0 Å². The standard InChI is InChI=1S/C11H12ClNO3/c1-7-3-4-8(5-9(7)12)11(15)13-6-10(14)16-2/h3-5H,6H2,1-2H3,(H,13,15). The lowest BCUT2D eigenvalue weighted by Crippen LogP contribution is -2.30. The molecule has 0 aromatic heterocycles. The first kappa shape index (κ1) is 12.5. The van der Waals surface area contributed by atoms with E-state index in [0.717, 1.165) is 5.56 Å². The molecule has 1 N–H and O–H groups in total. The molecule has 0 saturated carbocycles. The van der Waals surface area contributed by atoms with Gasteiger partial charge in [0.1, 0.15) is 6.54 Å². The molecule has 86 valence electrons. The Labute approximate surface area is 98.5 Å². The van der Waals surface area contributed by atoms with E-state index in [9.17, 15) is 9.59 Å². The molecule has 1 rings (SSSR count). The smallest absolute Gasteiger partial charge is 0.325 e. The fourth-order valence-electron chi connectivity index (χ4n) is 1.06. The Bertz CT molecular complexity index is 418. The molecule has 1 aromatic carbocycles. The lowest BCUT2D eigenvalue weighted by Gasteiger charge is -2.05. The van der Waals surface area contributed by atoms with Gasteiger partial charge >= 0.3 is 5.97 Å². The van der Waals surface area contributed by atoms with Gasteiger partial charge in [-0.05, 0) is 24.6 Å². The second-order valence-corrected chi connectivity index (χ2v) is 3.63. The summed E-state index contributed by atoms with van der Waals surface area (Å²) in [7, 11) is 1.26. The second kappa shape index (κ2) is 5.51. The zero-order valence-electron chi connectivity index (χ0n) is 9.04. The minimum Gasteiger partial charge on any atom is -0.468 e. The molecule has 1 amide bonds. The van der Waals surface area contributed by atoms with Gasteiger partial charge in [-0.25, -0.2) is 0 Å². The maximum absolute atomic E-state index is 11.6. The highest BCUT2D eigenvalue weighted by atomic mass is 35.5. The van der Waals surface area contributed by atoms with Crippen LogP contribution in [-0.2, 0) is 9.53 Å². The molecule has 0 atom stereocenters. The molecule has 16 heavy (non-hydrogen) atoms. The summed E-state index contributed by atoms with van der Waals surface area (Å²) >= 11 is 5.88. The third kappa shape index (κ3) is 3.24. The average Bonchev–Trinajstić information content (AvgIpc) is 2.29. The van der Waals surface area contributed by atoms with Crippen molar-refractivity contribution in [2.24, 2.45) is 0 Å². The predicted octanol–water partition coefficient (Wildman–Crippen LogP) is 1.55. The molecule has 0 unspecified atom stereocenters. The van der Waals surface area contributed by atoms with E-state index >= 15 is 0 Å². The maximum atomic E-state index is 11.6. The molecule has 0 spiro atoms. The van der Waals surface area contributed by atoms with Crippen LogP contribution in [0, 0.1) is 6.92 Å². The van der Waals surface area contributed by atoms with Crippen molar-refractivity contribution in [2.45, 2.75) is 6.92 Å². The highest BCUT2D eigenvalue weighted by Gasteiger charge is 2.08. The first-order valence-corrected chi connectivity index (χ1v) is 5.03. The molecule has 0 aliphatic rings. The van der Waals surface area contributed by atoms with Gasteiger partial charge in [0.05, 0.1) is 7.11 Å². The van der Waals surface area contributed by atoms with E-state index in [4.69, 9.17) is 11.6 Å². The van der Waals surface area contributed by atoms with Gasteiger partial charge in [-0.3, -0.25) is 9.59 Å². The number of halogens is 1. The minimum atomic E-state index is -0.494. The van der Waals surface area contributed by atoms with Gasteiger partial charge in [0.2, 0.25) is 0 Å². The van der Waals surface area contributed by atoms with Gasteiger partial charge in [-0.1, -0.05) is 17.7 Å². The van der Waals surface area contributed by atoms with Crippen LogP contribution in [-0.4, -0.2) is 25.5 Å². The molecular formula is C11H12ClNO3. The molecule has 1 aromatic rings. The Balaban J connectivity index is 2.66. The van der Waals surface area contributed by atoms with Crippen LogP contribution in [0.3, 0.4) is 0 Å². The van der Waals surface area contributed by atoms with E-state index < -0.39 is 5.97 Å². The Morgan fingerprint density at radius 1 is 1.44 bits per heavy atom. The molecular weight excluding hydrogens is 230 g/mol. The fourth-order valence-corrected chi connectivity index (χ4v) is 1.24. The van der Waals surface area contributed by atoms with E-state index in [1.807, 2.05) is 6.92 Å². The highest BCUT2D eigenvalue weighted by Crippen LogP contribution is 2.16. The number of aryl methyl sites for hydroxylation is 1. The predicted molar refractivity (Wildman–Crippen MR) is 60.5 cm³/mol. The third-order valence-electron chi connectivity index (χ3n) is 2.05. The Morgan fingerprint density at radius 2 is 2.12 bits per heavy atom. The lowest BCUT2D eigenvalue weighted by molar-refractivity contribution is -0.139. The number of amides is 1. The number of nitrogens with one attached hydrogen (secondary N) is 1. The molecule has 4 nitrogen and oxygen atoms in total. The van der Waals surface area contributed by atoms with Crippen LogP contribution in [0.15, 0.2) is 18.2 Å². The molecule has 0 heterocycles. The summed E-state index contributed by atoms with van der Waals surface area (Å²) in [6.07, 6.45) is 0. The molecule has 0 radical (unpaired) electrons. The monoisotopic (exact) mass is 241 g/mol. The van der Waals surface area contributed by atoms with Crippen LogP contribution in [0.1, 0.15) is 15.9 Å². The average molecular weight is 242 g/mol. The van der Waals surface area contributed by atoms with Crippen molar-refractivity contribution in [2.75, 3.05) is 13.7 Å². The van der Waals surface area contributed by atoms with Crippen molar-refractivity contribution >= 4 is 23.5 Å². The van der Waals surface area contributed by atoms with Gasteiger partial charge in [-0.15, -0.1) is 0 Å². The zero-order chi connectivity index (χ0) is 12.1.